The van der Waals surface area contributed by atoms with Crippen LogP contribution in [0.25, 0.3) is 0 Å². The van der Waals surface area contributed by atoms with E-state index in [1.54, 1.807) is 0 Å². The van der Waals surface area contributed by atoms with E-state index in [0.29, 0.717) is 12.6 Å². The number of nitrogens with one attached hydrogen (secondary N) is 1. The van der Waals surface area contributed by atoms with Gasteiger partial charge in [0, 0.05) is 25.7 Å². The lowest BCUT2D eigenvalue weighted by Crippen LogP contribution is -2.33. The van der Waals surface area contributed by atoms with Gasteiger partial charge in [-0.3, -0.25) is 0 Å². The first kappa shape index (κ1) is 13.9. The van der Waals surface area contributed by atoms with Gasteiger partial charge in [-0.25, -0.2) is 0 Å². The van der Waals surface area contributed by atoms with E-state index in [4.69, 9.17) is 5.11 Å². The summed E-state index contributed by atoms with van der Waals surface area (Å²) in [6.07, 6.45) is 3.27. The zero-order chi connectivity index (χ0) is 10.8. The van der Waals surface area contributed by atoms with E-state index in [9.17, 15) is 0 Å². The molecule has 0 saturated carbocycles. The highest BCUT2D eigenvalue weighted by Crippen LogP contribution is 1.95. The van der Waals surface area contributed by atoms with Crippen molar-refractivity contribution in [2.24, 2.45) is 0 Å². The summed E-state index contributed by atoms with van der Waals surface area (Å²) in [6, 6.07) is 0.581. The topological polar surface area (TPSA) is 35.5 Å². The van der Waals surface area contributed by atoms with Crippen LogP contribution in [0.3, 0.4) is 0 Å². The van der Waals surface area contributed by atoms with Crippen LogP contribution in [0.1, 0.15) is 33.1 Å². The molecule has 3 nitrogen and oxygen atoms in total. The van der Waals surface area contributed by atoms with Gasteiger partial charge in [-0.1, -0.05) is 13.8 Å². The van der Waals surface area contributed by atoms with Crippen molar-refractivity contribution < 1.29 is 5.11 Å². The van der Waals surface area contributed by atoms with Crippen molar-refractivity contribution in [2.45, 2.75) is 39.2 Å². The summed E-state index contributed by atoms with van der Waals surface area (Å²) in [5, 5.41) is 12.0. The molecular weight excluding hydrogens is 176 g/mol. The summed E-state index contributed by atoms with van der Waals surface area (Å²) in [4.78, 5) is 2.34. The number of rotatable bonds is 9. The monoisotopic (exact) mass is 202 g/mol. The van der Waals surface area contributed by atoms with Gasteiger partial charge < -0.3 is 15.3 Å². The molecule has 3 heteroatoms. The minimum atomic E-state index is 0.332. The molecule has 0 amide bonds. The first-order valence-corrected chi connectivity index (χ1v) is 5.69. The fourth-order valence-corrected chi connectivity index (χ4v) is 1.33. The van der Waals surface area contributed by atoms with E-state index >= 15 is 0 Å². The van der Waals surface area contributed by atoms with Crippen LogP contribution in [0.15, 0.2) is 0 Å². The lowest BCUT2D eigenvalue weighted by Gasteiger charge is -2.17. The zero-order valence-corrected chi connectivity index (χ0v) is 9.92. The largest absolute Gasteiger partial charge is 0.396 e. The summed E-state index contributed by atoms with van der Waals surface area (Å²) in [5.74, 6) is 0. The van der Waals surface area contributed by atoms with Crippen molar-refractivity contribution in [1.29, 1.82) is 0 Å². The fourth-order valence-electron chi connectivity index (χ4n) is 1.33. The highest BCUT2D eigenvalue weighted by atomic mass is 16.2. The van der Waals surface area contributed by atoms with Gasteiger partial charge in [0.2, 0.25) is 0 Å². The van der Waals surface area contributed by atoms with Gasteiger partial charge in [0.25, 0.3) is 0 Å². The van der Waals surface area contributed by atoms with Crippen molar-refractivity contribution in [2.75, 3.05) is 33.3 Å². The number of aliphatic hydroxyl groups excluding tert-OH is 1. The van der Waals surface area contributed by atoms with Crippen LogP contribution in [0.2, 0.25) is 0 Å². The molecular formula is C11H26N2O. The van der Waals surface area contributed by atoms with Gasteiger partial charge in [0.1, 0.15) is 0 Å². The van der Waals surface area contributed by atoms with Crippen molar-refractivity contribution in [3.05, 3.63) is 0 Å². The summed E-state index contributed by atoms with van der Waals surface area (Å²) in [6.45, 7) is 7.98. The third-order valence-electron chi connectivity index (χ3n) is 2.24. The minimum absolute atomic E-state index is 0.332. The molecule has 0 aromatic heterocycles. The maximum atomic E-state index is 8.61. The second-order valence-corrected chi connectivity index (χ2v) is 4.20. The number of unbranched alkanes of at least 4 members (excludes halogenated alkanes) is 2. The van der Waals surface area contributed by atoms with Gasteiger partial charge in [-0.05, 0) is 32.9 Å². The molecule has 0 bridgehead atoms. The molecule has 2 N–H and O–H groups in total. The number of hydrogen-bond donors (Lipinski definition) is 2. The number of aliphatic hydroxyl groups is 1. The first-order chi connectivity index (χ1) is 6.66. The van der Waals surface area contributed by atoms with Gasteiger partial charge in [0.05, 0.1) is 0 Å². The quantitative estimate of drug-likeness (QED) is 0.549. The minimum Gasteiger partial charge on any atom is -0.396 e. The molecule has 0 radical (unpaired) electrons. The van der Waals surface area contributed by atoms with Crippen molar-refractivity contribution in [1.82, 2.24) is 10.2 Å². The SMILES string of the molecule is CC(C)NCCN(C)CCCCCO. The Morgan fingerprint density at radius 2 is 1.86 bits per heavy atom. The van der Waals surface area contributed by atoms with E-state index in [0.717, 1.165) is 32.5 Å². The Kier molecular flexibility index (Phi) is 9.35. The molecule has 0 aliphatic rings. The average Bonchev–Trinajstić information content (AvgIpc) is 2.12. The molecule has 0 aliphatic carbocycles. The zero-order valence-electron chi connectivity index (χ0n) is 9.92. The van der Waals surface area contributed by atoms with Crippen LogP contribution in [0.5, 0.6) is 0 Å². The molecule has 0 spiro atoms. The van der Waals surface area contributed by atoms with Gasteiger partial charge in [-0.2, -0.15) is 0 Å². The molecule has 0 saturated heterocycles. The molecule has 0 aromatic carbocycles. The standard InChI is InChI=1S/C11H26N2O/c1-11(2)12-7-9-13(3)8-5-4-6-10-14/h11-12,14H,4-10H2,1-3H3. The Morgan fingerprint density at radius 1 is 1.14 bits per heavy atom. The maximum Gasteiger partial charge on any atom is 0.0431 e. The molecule has 86 valence electrons. The van der Waals surface area contributed by atoms with E-state index < -0.39 is 0 Å². The molecule has 0 fully saturated rings. The van der Waals surface area contributed by atoms with E-state index in [1.165, 1.54) is 6.42 Å². The second kappa shape index (κ2) is 9.44. The number of nitrogens with zero attached hydrogens (tertiary/aromatic N) is 1. The summed E-state index contributed by atoms with van der Waals surface area (Å²) < 4.78 is 0. The molecule has 0 atom stereocenters. The van der Waals surface area contributed by atoms with Crippen molar-refractivity contribution in [3.63, 3.8) is 0 Å². The second-order valence-electron chi connectivity index (χ2n) is 4.20. The Labute approximate surface area is 88.5 Å². The Balaban J connectivity index is 3.15. The van der Waals surface area contributed by atoms with E-state index in [1.807, 2.05) is 0 Å². The normalized spacial score (nSPS) is 11.6. The van der Waals surface area contributed by atoms with Crippen molar-refractivity contribution >= 4 is 0 Å². The van der Waals surface area contributed by atoms with Gasteiger partial charge >= 0.3 is 0 Å². The third kappa shape index (κ3) is 9.96. The molecule has 0 unspecified atom stereocenters. The molecule has 0 rings (SSSR count). The third-order valence-corrected chi connectivity index (χ3v) is 2.24. The Morgan fingerprint density at radius 3 is 2.43 bits per heavy atom. The average molecular weight is 202 g/mol. The molecule has 0 heterocycles. The lowest BCUT2D eigenvalue weighted by atomic mass is 10.2. The fraction of sp³-hybridized carbons (Fsp3) is 1.00. The lowest BCUT2D eigenvalue weighted by molar-refractivity contribution is 0.272. The number of likely N-dealkylation sites (N-methyl/N-ethyl adjacent to an activating group) is 1. The summed E-state index contributed by atoms with van der Waals surface area (Å²) in [7, 11) is 2.15. The predicted octanol–water partition coefficient (Wildman–Crippen LogP) is 1.08. The van der Waals surface area contributed by atoms with E-state index in [-0.39, 0.29) is 0 Å². The molecule has 0 aromatic rings. The van der Waals surface area contributed by atoms with Crippen LogP contribution >= 0.6 is 0 Å². The number of hydrogen-bond acceptors (Lipinski definition) is 3. The highest BCUT2D eigenvalue weighted by Gasteiger charge is 1.98. The van der Waals surface area contributed by atoms with Crippen LogP contribution in [-0.2, 0) is 0 Å². The Bertz CT molecular complexity index is 118. The molecule has 14 heavy (non-hydrogen) atoms. The highest BCUT2D eigenvalue weighted by molar-refractivity contribution is 4.57. The smallest absolute Gasteiger partial charge is 0.0431 e. The van der Waals surface area contributed by atoms with Crippen LogP contribution in [0.4, 0.5) is 0 Å². The van der Waals surface area contributed by atoms with Gasteiger partial charge in [-0.15, -0.1) is 0 Å². The van der Waals surface area contributed by atoms with Gasteiger partial charge in [0.15, 0.2) is 0 Å². The van der Waals surface area contributed by atoms with Crippen LogP contribution in [-0.4, -0.2) is 49.3 Å². The summed E-state index contributed by atoms with van der Waals surface area (Å²) in [5.41, 5.74) is 0. The van der Waals surface area contributed by atoms with Crippen LogP contribution in [0, 0.1) is 0 Å². The van der Waals surface area contributed by atoms with Crippen molar-refractivity contribution in [3.8, 4) is 0 Å². The first-order valence-electron chi connectivity index (χ1n) is 5.69. The maximum absolute atomic E-state index is 8.61. The summed E-state index contributed by atoms with van der Waals surface area (Å²) >= 11 is 0. The van der Waals surface area contributed by atoms with Crippen LogP contribution < -0.4 is 5.32 Å². The Hall–Kier alpha value is -0.120. The predicted molar refractivity (Wildman–Crippen MR) is 61.6 cm³/mol. The van der Waals surface area contributed by atoms with E-state index in [2.05, 4.69) is 31.1 Å². The molecule has 0 aliphatic heterocycles.